The van der Waals surface area contributed by atoms with Crippen LogP contribution in [0.2, 0.25) is 5.02 Å². The zero-order valence-electron chi connectivity index (χ0n) is 27.0. The molecule has 0 saturated carbocycles. The minimum Gasteiger partial charge on any atom is -0.495 e. The summed E-state index contributed by atoms with van der Waals surface area (Å²) in [5, 5.41) is 8.27. The third-order valence-electron chi connectivity index (χ3n) is 7.30. The maximum Gasteiger partial charge on any atom is 0.272 e. The minimum atomic E-state index is -0.681. The fourth-order valence-corrected chi connectivity index (χ4v) is 6.23. The van der Waals surface area contributed by atoms with Crippen molar-refractivity contribution >= 4 is 58.5 Å². The molecular weight excluding hydrogens is 658 g/mol. The Balaban J connectivity index is 1.39. The van der Waals surface area contributed by atoms with Crippen molar-refractivity contribution in [3.05, 3.63) is 154 Å². The van der Waals surface area contributed by atoms with Crippen LogP contribution in [0.25, 0.3) is 6.08 Å². The Morgan fingerprint density at radius 3 is 2.14 bits per heavy atom. The number of carbonyl (C=O) groups is 3. The van der Waals surface area contributed by atoms with E-state index in [2.05, 4.69) is 16.0 Å². The van der Waals surface area contributed by atoms with Crippen LogP contribution in [-0.4, -0.2) is 31.9 Å². The van der Waals surface area contributed by atoms with Crippen molar-refractivity contribution in [3.63, 3.8) is 0 Å². The molecule has 1 unspecified atom stereocenters. The zero-order chi connectivity index (χ0) is 34.8. The summed E-state index contributed by atoms with van der Waals surface area (Å²) in [6.07, 6.45) is 1.64. The highest BCUT2D eigenvalue weighted by molar-refractivity contribution is 8.00. The number of halogens is 1. The Labute approximate surface area is 294 Å². The van der Waals surface area contributed by atoms with Crippen molar-refractivity contribution in [2.24, 2.45) is 0 Å². The number of rotatable bonds is 12. The lowest BCUT2D eigenvalue weighted by molar-refractivity contribution is -0.116. The number of ether oxygens (including phenoxy) is 2. The molecule has 49 heavy (non-hydrogen) atoms. The molecule has 5 rings (SSSR count). The van der Waals surface area contributed by atoms with Crippen molar-refractivity contribution in [2.75, 3.05) is 24.9 Å². The van der Waals surface area contributed by atoms with Gasteiger partial charge in [-0.05, 0) is 60.5 Å². The van der Waals surface area contributed by atoms with E-state index in [9.17, 15) is 14.4 Å². The molecule has 3 amide bonds. The number of benzene rings is 5. The Morgan fingerprint density at radius 2 is 1.45 bits per heavy atom. The first kappa shape index (κ1) is 34.8. The lowest BCUT2D eigenvalue weighted by Gasteiger charge is -2.19. The van der Waals surface area contributed by atoms with Gasteiger partial charge in [-0.15, -0.1) is 11.8 Å². The van der Waals surface area contributed by atoms with Gasteiger partial charge < -0.3 is 25.4 Å². The molecule has 0 bridgehead atoms. The number of methoxy groups -OCH3 is 2. The summed E-state index contributed by atoms with van der Waals surface area (Å²) < 4.78 is 10.8. The topological polar surface area (TPSA) is 106 Å². The van der Waals surface area contributed by atoms with E-state index in [-0.39, 0.29) is 11.6 Å². The number of carbonyl (C=O) groups excluding carboxylic acids is 3. The molecule has 0 spiro atoms. The van der Waals surface area contributed by atoms with Crippen molar-refractivity contribution < 1.29 is 23.9 Å². The number of aryl methyl sites for hydroxylation is 1. The van der Waals surface area contributed by atoms with Crippen LogP contribution in [0.1, 0.15) is 32.3 Å². The summed E-state index contributed by atoms with van der Waals surface area (Å²) in [7, 11) is 3.00. The predicted octanol–water partition coefficient (Wildman–Crippen LogP) is 8.55. The first-order valence-corrected chi connectivity index (χ1v) is 16.5. The fourth-order valence-electron chi connectivity index (χ4n) is 4.91. The zero-order valence-corrected chi connectivity index (χ0v) is 28.6. The van der Waals surface area contributed by atoms with Crippen LogP contribution >= 0.6 is 23.4 Å². The second kappa shape index (κ2) is 16.5. The molecule has 3 N–H and O–H groups in total. The van der Waals surface area contributed by atoms with E-state index in [4.69, 9.17) is 21.1 Å². The molecule has 0 saturated heterocycles. The maximum absolute atomic E-state index is 13.8. The summed E-state index contributed by atoms with van der Waals surface area (Å²) in [5.74, 6) is -0.415. The van der Waals surface area contributed by atoms with E-state index in [0.717, 1.165) is 21.6 Å². The lowest BCUT2D eigenvalue weighted by Crippen LogP contribution is -2.30. The van der Waals surface area contributed by atoms with E-state index in [1.54, 1.807) is 60.7 Å². The molecular formula is C39H34ClN3O5S. The van der Waals surface area contributed by atoms with Crippen molar-refractivity contribution in [1.29, 1.82) is 0 Å². The molecule has 0 fully saturated rings. The molecule has 0 heterocycles. The third-order valence-corrected chi connectivity index (χ3v) is 8.84. The van der Waals surface area contributed by atoms with Crippen LogP contribution in [0, 0.1) is 6.92 Å². The Morgan fingerprint density at radius 1 is 0.755 bits per heavy atom. The third kappa shape index (κ3) is 9.31. The van der Waals surface area contributed by atoms with Gasteiger partial charge in [-0.25, -0.2) is 0 Å². The Kier molecular flexibility index (Phi) is 11.8. The van der Waals surface area contributed by atoms with Crippen LogP contribution in [0.5, 0.6) is 11.5 Å². The van der Waals surface area contributed by atoms with E-state index in [0.29, 0.717) is 33.5 Å². The quantitative estimate of drug-likeness (QED) is 0.0895. The van der Waals surface area contributed by atoms with Crippen LogP contribution in [-0.2, 0) is 9.59 Å². The van der Waals surface area contributed by atoms with E-state index >= 15 is 0 Å². The molecule has 248 valence electrons. The van der Waals surface area contributed by atoms with E-state index in [1.807, 2.05) is 73.7 Å². The number of thioether (sulfide) groups is 1. The van der Waals surface area contributed by atoms with Crippen LogP contribution in [0.4, 0.5) is 11.4 Å². The highest BCUT2D eigenvalue weighted by Gasteiger charge is 2.24. The molecule has 0 aliphatic rings. The molecule has 10 heteroatoms. The molecule has 0 aromatic heterocycles. The Hall–Kier alpha value is -5.51. The second-order valence-corrected chi connectivity index (χ2v) is 12.4. The first-order chi connectivity index (χ1) is 23.7. The number of nitrogens with one attached hydrogen (secondary N) is 3. The summed E-state index contributed by atoms with van der Waals surface area (Å²) in [4.78, 5) is 41.3. The monoisotopic (exact) mass is 691 g/mol. The molecule has 0 radical (unpaired) electrons. The highest BCUT2D eigenvalue weighted by atomic mass is 35.5. The number of hydrogen-bond donors (Lipinski definition) is 3. The standard InChI is InChI=1S/C39H34ClN3O5S/c1-25-12-10-13-26(20-25)21-33(43-37(44)28-16-8-5-9-17-28)38(45)41-29-18-11-19-30(22-29)49-36(27-14-6-4-7-15-27)39(46)42-32-23-31(40)34(47-2)24-35(32)48-3/h4-24,36H,1-3H3,(H,41,45)(H,42,46)(H,43,44)/b33-21+. The predicted molar refractivity (Wildman–Crippen MR) is 196 cm³/mol. The molecule has 8 nitrogen and oxygen atoms in total. The number of hydrogen-bond acceptors (Lipinski definition) is 6. The lowest BCUT2D eigenvalue weighted by atomic mass is 10.1. The van der Waals surface area contributed by atoms with Gasteiger partial charge in [0, 0.05) is 22.2 Å². The smallest absolute Gasteiger partial charge is 0.272 e. The molecule has 0 aliphatic heterocycles. The molecule has 1 atom stereocenters. The largest absolute Gasteiger partial charge is 0.495 e. The van der Waals surface area contributed by atoms with E-state index < -0.39 is 17.1 Å². The fraction of sp³-hybridized carbons (Fsp3) is 0.103. The molecule has 5 aromatic rings. The van der Waals surface area contributed by atoms with Gasteiger partial charge in [-0.1, -0.05) is 96.0 Å². The van der Waals surface area contributed by atoms with Crippen LogP contribution in [0.15, 0.2) is 132 Å². The molecule has 5 aromatic carbocycles. The maximum atomic E-state index is 13.8. The van der Waals surface area contributed by atoms with Gasteiger partial charge in [0.05, 0.1) is 24.9 Å². The minimum absolute atomic E-state index is 0.0751. The van der Waals surface area contributed by atoms with Crippen LogP contribution in [0.3, 0.4) is 0 Å². The van der Waals surface area contributed by atoms with Gasteiger partial charge in [0.1, 0.15) is 22.4 Å². The summed E-state index contributed by atoms with van der Waals surface area (Å²) in [6, 6.07) is 36.0. The van der Waals surface area contributed by atoms with Crippen molar-refractivity contribution in [2.45, 2.75) is 17.1 Å². The average Bonchev–Trinajstić information content (AvgIpc) is 3.11. The normalized spacial score (nSPS) is 11.6. The molecule has 0 aliphatic carbocycles. The number of amides is 3. The van der Waals surface area contributed by atoms with Gasteiger partial charge in [0.25, 0.3) is 11.8 Å². The van der Waals surface area contributed by atoms with E-state index in [1.165, 1.54) is 26.0 Å². The van der Waals surface area contributed by atoms with Gasteiger partial charge >= 0.3 is 0 Å². The number of anilines is 2. The highest BCUT2D eigenvalue weighted by Crippen LogP contribution is 2.40. The van der Waals surface area contributed by atoms with Crippen LogP contribution < -0.4 is 25.4 Å². The van der Waals surface area contributed by atoms with Gasteiger partial charge in [0.2, 0.25) is 5.91 Å². The average molecular weight is 692 g/mol. The second-order valence-electron chi connectivity index (χ2n) is 10.9. The van der Waals surface area contributed by atoms with Crippen molar-refractivity contribution in [3.8, 4) is 11.5 Å². The summed E-state index contributed by atoms with van der Waals surface area (Å²) in [6.45, 7) is 1.95. The van der Waals surface area contributed by atoms with Gasteiger partial charge in [0.15, 0.2) is 0 Å². The summed E-state index contributed by atoms with van der Waals surface area (Å²) in [5.41, 5.74) is 3.91. The summed E-state index contributed by atoms with van der Waals surface area (Å²) >= 11 is 7.67. The Bertz CT molecular complexity index is 1990. The SMILES string of the molecule is COc1cc(OC)c(NC(=O)C(Sc2cccc(NC(=O)/C(=C\c3cccc(C)c3)NC(=O)c3ccccc3)c2)c2ccccc2)cc1Cl. The van der Waals surface area contributed by atoms with Gasteiger partial charge in [-0.3, -0.25) is 14.4 Å². The van der Waals surface area contributed by atoms with Crippen molar-refractivity contribution in [1.82, 2.24) is 5.32 Å². The van der Waals surface area contributed by atoms with Gasteiger partial charge in [-0.2, -0.15) is 0 Å². The first-order valence-electron chi connectivity index (χ1n) is 15.2.